The summed E-state index contributed by atoms with van der Waals surface area (Å²) in [6, 6.07) is 6.82. The molecule has 0 bridgehead atoms. The van der Waals surface area contributed by atoms with Crippen LogP contribution in [0.1, 0.15) is 41.1 Å². The van der Waals surface area contributed by atoms with Gasteiger partial charge in [-0.05, 0) is 30.0 Å². The summed E-state index contributed by atoms with van der Waals surface area (Å²) in [6.07, 6.45) is 2.16. The van der Waals surface area contributed by atoms with Gasteiger partial charge in [0, 0.05) is 12.8 Å². The Bertz CT molecular complexity index is 392. The number of ketones is 1. The fourth-order valence-electron chi connectivity index (χ4n) is 2.00. The van der Waals surface area contributed by atoms with Gasteiger partial charge in [-0.1, -0.05) is 12.1 Å². The van der Waals surface area contributed by atoms with Crippen molar-refractivity contribution in [3.63, 3.8) is 0 Å². The van der Waals surface area contributed by atoms with Crippen molar-refractivity contribution >= 4 is 11.8 Å². The summed E-state index contributed by atoms with van der Waals surface area (Å²) in [5, 5.41) is 8.73. The van der Waals surface area contributed by atoms with E-state index in [0.717, 1.165) is 12.0 Å². The van der Waals surface area contributed by atoms with Crippen LogP contribution in [0, 0.1) is 0 Å². The normalized spacial score (nSPS) is 20.5. The molecular weight excluding hydrogens is 192 g/mol. The number of carbonyl (C=O) groups excluding carboxylic acids is 1. The Balaban J connectivity index is 2.17. The number of aromatic carboxylic acids is 1. The predicted molar refractivity (Wildman–Crippen MR) is 55.0 cm³/mol. The first kappa shape index (κ1) is 9.90. The summed E-state index contributed by atoms with van der Waals surface area (Å²) in [7, 11) is 0. The van der Waals surface area contributed by atoms with Crippen LogP contribution in [0.15, 0.2) is 24.3 Å². The molecule has 1 atom stereocenters. The van der Waals surface area contributed by atoms with Crippen molar-refractivity contribution in [2.45, 2.75) is 25.2 Å². The molecule has 0 amide bonds. The Morgan fingerprint density at radius 3 is 2.40 bits per heavy atom. The highest BCUT2D eigenvalue weighted by Gasteiger charge is 2.23. The maximum atomic E-state index is 11.1. The van der Waals surface area contributed by atoms with Crippen molar-refractivity contribution in [3.8, 4) is 0 Å². The lowest BCUT2D eigenvalue weighted by molar-refractivity contribution is -0.117. The average molecular weight is 204 g/mol. The van der Waals surface area contributed by atoms with Crippen molar-refractivity contribution in [2.75, 3.05) is 0 Å². The Labute approximate surface area is 87.7 Å². The van der Waals surface area contributed by atoms with Crippen LogP contribution in [0.5, 0.6) is 0 Å². The summed E-state index contributed by atoms with van der Waals surface area (Å²) in [6.45, 7) is 0. The van der Waals surface area contributed by atoms with Gasteiger partial charge in [0.1, 0.15) is 5.78 Å². The maximum absolute atomic E-state index is 11.1. The van der Waals surface area contributed by atoms with E-state index in [9.17, 15) is 9.59 Å². The second kappa shape index (κ2) is 3.85. The second-order valence-corrected chi connectivity index (χ2v) is 3.91. The van der Waals surface area contributed by atoms with Gasteiger partial charge in [0.25, 0.3) is 0 Å². The Morgan fingerprint density at radius 1 is 1.27 bits per heavy atom. The lowest BCUT2D eigenvalue weighted by Crippen LogP contribution is -1.98. The number of benzene rings is 1. The van der Waals surface area contributed by atoms with Gasteiger partial charge >= 0.3 is 5.97 Å². The quantitative estimate of drug-likeness (QED) is 0.803. The van der Waals surface area contributed by atoms with Crippen LogP contribution in [0.3, 0.4) is 0 Å². The van der Waals surface area contributed by atoms with E-state index >= 15 is 0 Å². The highest BCUT2D eigenvalue weighted by atomic mass is 16.4. The molecule has 0 spiro atoms. The van der Waals surface area contributed by atoms with Gasteiger partial charge in [-0.25, -0.2) is 4.79 Å². The van der Waals surface area contributed by atoms with Crippen molar-refractivity contribution in [1.82, 2.24) is 0 Å². The Kier molecular flexibility index (Phi) is 2.54. The zero-order valence-electron chi connectivity index (χ0n) is 8.27. The van der Waals surface area contributed by atoms with Crippen LogP contribution in [-0.2, 0) is 4.79 Å². The summed E-state index contributed by atoms with van der Waals surface area (Å²) >= 11 is 0. The minimum atomic E-state index is -0.913. The summed E-state index contributed by atoms with van der Waals surface area (Å²) < 4.78 is 0. The van der Waals surface area contributed by atoms with Crippen molar-refractivity contribution in [3.05, 3.63) is 35.4 Å². The molecule has 0 unspecified atom stereocenters. The van der Waals surface area contributed by atoms with E-state index < -0.39 is 5.97 Å². The number of rotatable bonds is 2. The molecule has 1 aliphatic carbocycles. The Hall–Kier alpha value is -1.64. The molecule has 1 N–H and O–H groups in total. The second-order valence-electron chi connectivity index (χ2n) is 3.91. The van der Waals surface area contributed by atoms with Crippen molar-refractivity contribution < 1.29 is 14.7 Å². The van der Waals surface area contributed by atoms with Crippen LogP contribution in [0.25, 0.3) is 0 Å². The third-order valence-electron chi connectivity index (χ3n) is 2.87. The summed E-state index contributed by atoms with van der Waals surface area (Å²) in [5.74, 6) is -0.313. The molecule has 0 heterocycles. The topological polar surface area (TPSA) is 54.4 Å². The fraction of sp³-hybridized carbons (Fsp3) is 0.333. The molecule has 0 aromatic heterocycles. The first-order valence-electron chi connectivity index (χ1n) is 5.02. The first-order valence-corrected chi connectivity index (χ1v) is 5.02. The standard InChI is InChI=1S/C12H12O3/c13-11-6-5-10(7-11)8-1-3-9(4-2-8)12(14)15/h1-4,10H,5-7H2,(H,14,15)/t10-/m1/s1. The first-order chi connectivity index (χ1) is 7.16. The molecule has 1 fully saturated rings. The molecule has 1 aliphatic rings. The number of Topliss-reactive ketones (excluding diaryl/α,β-unsaturated/α-hetero) is 1. The zero-order valence-corrected chi connectivity index (χ0v) is 8.27. The Morgan fingerprint density at radius 2 is 1.93 bits per heavy atom. The number of hydrogen-bond acceptors (Lipinski definition) is 2. The molecular formula is C12H12O3. The van der Waals surface area contributed by atoms with E-state index in [2.05, 4.69) is 0 Å². The van der Waals surface area contributed by atoms with E-state index in [1.165, 1.54) is 0 Å². The monoisotopic (exact) mass is 204 g/mol. The molecule has 1 saturated carbocycles. The smallest absolute Gasteiger partial charge is 0.335 e. The highest BCUT2D eigenvalue weighted by molar-refractivity contribution is 5.87. The van der Waals surface area contributed by atoms with Crippen molar-refractivity contribution in [2.24, 2.45) is 0 Å². The summed E-state index contributed by atoms with van der Waals surface area (Å²) in [5.41, 5.74) is 1.37. The van der Waals surface area contributed by atoms with E-state index in [4.69, 9.17) is 5.11 Å². The molecule has 0 aliphatic heterocycles. The maximum Gasteiger partial charge on any atom is 0.335 e. The third kappa shape index (κ3) is 2.06. The predicted octanol–water partition coefficient (Wildman–Crippen LogP) is 2.22. The van der Waals surface area contributed by atoms with Gasteiger partial charge in [-0.3, -0.25) is 4.79 Å². The lowest BCUT2D eigenvalue weighted by Gasteiger charge is -2.08. The van der Waals surface area contributed by atoms with Gasteiger partial charge in [-0.15, -0.1) is 0 Å². The largest absolute Gasteiger partial charge is 0.478 e. The number of carbonyl (C=O) groups is 2. The SMILES string of the molecule is O=C1CC[C@@H](c2ccc(C(=O)O)cc2)C1. The number of hydrogen-bond donors (Lipinski definition) is 1. The molecule has 0 saturated heterocycles. The minimum Gasteiger partial charge on any atom is -0.478 e. The molecule has 15 heavy (non-hydrogen) atoms. The van der Waals surface area contributed by atoms with Crippen LogP contribution < -0.4 is 0 Å². The molecule has 1 aromatic carbocycles. The van der Waals surface area contributed by atoms with Crippen LogP contribution in [0.4, 0.5) is 0 Å². The molecule has 1 aromatic rings. The van der Waals surface area contributed by atoms with Crippen LogP contribution in [0.2, 0.25) is 0 Å². The van der Waals surface area contributed by atoms with E-state index in [1.807, 2.05) is 12.1 Å². The third-order valence-corrected chi connectivity index (χ3v) is 2.87. The van der Waals surface area contributed by atoms with Gasteiger partial charge in [-0.2, -0.15) is 0 Å². The van der Waals surface area contributed by atoms with E-state index in [0.29, 0.717) is 30.1 Å². The zero-order chi connectivity index (χ0) is 10.8. The molecule has 3 heteroatoms. The van der Waals surface area contributed by atoms with Gasteiger partial charge in [0.2, 0.25) is 0 Å². The summed E-state index contributed by atoms with van der Waals surface area (Å²) in [4.78, 5) is 21.7. The van der Waals surface area contributed by atoms with Crippen LogP contribution in [-0.4, -0.2) is 16.9 Å². The molecule has 78 valence electrons. The van der Waals surface area contributed by atoms with Gasteiger partial charge in [0.05, 0.1) is 5.56 Å². The van der Waals surface area contributed by atoms with E-state index in [1.54, 1.807) is 12.1 Å². The molecule has 3 nitrogen and oxygen atoms in total. The van der Waals surface area contributed by atoms with Gasteiger partial charge < -0.3 is 5.11 Å². The van der Waals surface area contributed by atoms with Crippen LogP contribution >= 0.6 is 0 Å². The molecule has 2 rings (SSSR count). The minimum absolute atomic E-state index is 0.292. The van der Waals surface area contributed by atoms with Gasteiger partial charge in [0.15, 0.2) is 0 Å². The number of carboxylic acids is 1. The lowest BCUT2D eigenvalue weighted by atomic mass is 9.97. The number of carboxylic acid groups (broad SMARTS) is 1. The van der Waals surface area contributed by atoms with E-state index in [-0.39, 0.29) is 0 Å². The van der Waals surface area contributed by atoms with Crippen molar-refractivity contribution in [1.29, 1.82) is 0 Å². The average Bonchev–Trinajstić information content (AvgIpc) is 2.65. The fourth-order valence-corrected chi connectivity index (χ4v) is 2.00. The highest BCUT2D eigenvalue weighted by Crippen LogP contribution is 2.31. The molecule has 0 radical (unpaired) electrons.